The molecule has 1 heterocycles. The van der Waals surface area contributed by atoms with E-state index in [4.69, 9.17) is 32.7 Å². The van der Waals surface area contributed by atoms with Gasteiger partial charge < -0.3 is 14.8 Å². The number of benzene rings is 1. The fourth-order valence-electron chi connectivity index (χ4n) is 2.21. The Morgan fingerprint density at radius 1 is 1.39 bits per heavy atom. The minimum Gasteiger partial charge on any atom is -0.384 e. The van der Waals surface area contributed by atoms with Crippen LogP contribution >= 0.6 is 23.2 Å². The van der Waals surface area contributed by atoms with E-state index in [9.17, 15) is 0 Å². The van der Waals surface area contributed by atoms with Crippen molar-refractivity contribution in [2.45, 2.75) is 6.10 Å². The maximum atomic E-state index is 6.06. The third kappa shape index (κ3) is 3.37. The molecule has 1 aliphatic heterocycles. The first kappa shape index (κ1) is 14.1. The van der Waals surface area contributed by atoms with Crippen molar-refractivity contribution < 1.29 is 9.47 Å². The number of nitrogens with one attached hydrogen (secondary N) is 1. The number of halogens is 2. The molecule has 2 rings (SSSR count). The summed E-state index contributed by atoms with van der Waals surface area (Å²) in [6.07, 6.45) is -0.00489. The van der Waals surface area contributed by atoms with Gasteiger partial charge in [0.05, 0.1) is 29.4 Å². The van der Waals surface area contributed by atoms with Gasteiger partial charge in [0.15, 0.2) is 0 Å². The minimum atomic E-state index is -0.00489. The van der Waals surface area contributed by atoms with Crippen LogP contribution in [0.5, 0.6) is 0 Å². The summed E-state index contributed by atoms with van der Waals surface area (Å²) in [6.45, 7) is 3.07. The van der Waals surface area contributed by atoms with Crippen molar-refractivity contribution >= 4 is 23.2 Å². The summed E-state index contributed by atoms with van der Waals surface area (Å²) in [6, 6.07) is 5.65. The zero-order valence-corrected chi connectivity index (χ0v) is 11.8. The zero-order valence-electron chi connectivity index (χ0n) is 10.3. The highest BCUT2D eigenvalue weighted by Crippen LogP contribution is 2.32. The molecule has 1 N–H and O–H groups in total. The fraction of sp³-hybridized carbons (Fsp3) is 0.538. The van der Waals surface area contributed by atoms with E-state index in [0.717, 1.165) is 18.7 Å². The zero-order chi connectivity index (χ0) is 13.0. The molecule has 0 aliphatic carbocycles. The molecule has 5 heteroatoms. The summed E-state index contributed by atoms with van der Waals surface area (Å²) in [7, 11) is 1.71. The Bertz CT molecular complexity index is 401. The van der Waals surface area contributed by atoms with Gasteiger partial charge >= 0.3 is 0 Å². The molecule has 1 aromatic rings. The number of ether oxygens (including phenoxy) is 2. The minimum absolute atomic E-state index is 0.00489. The SMILES string of the molecule is COCC1CNCCOC1c1ccc(Cl)c(Cl)c1. The van der Waals surface area contributed by atoms with Crippen molar-refractivity contribution in [1.82, 2.24) is 5.32 Å². The van der Waals surface area contributed by atoms with E-state index in [1.165, 1.54) is 0 Å². The smallest absolute Gasteiger partial charge is 0.0888 e. The lowest BCUT2D eigenvalue weighted by Gasteiger charge is -2.24. The van der Waals surface area contributed by atoms with Crippen LogP contribution in [0.25, 0.3) is 0 Å². The molecule has 3 nitrogen and oxygen atoms in total. The van der Waals surface area contributed by atoms with Crippen molar-refractivity contribution in [3.63, 3.8) is 0 Å². The average Bonchev–Trinajstić information content (AvgIpc) is 2.59. The van der Waals surface area contributed by atoms with Crippen LogP contribution in [0.4, 0.5) is 0 Å². The predicted molar refractivity (Wildman–Crippen MR) is 73.4 cm³/mol. The van der Waals surface area contributed by atoms with Crippen molar-refractivity contribution in [3.05, 3.63) is 33.8 Å². The third-order valence-corrected chi connectivity index (χ3v) is 3.80. The van der Waals surface area contributed by atoms with Gasteiger partial charge in [-0.1, -0.05) is 29.3 Å². The largest absolute Gasteiger partial charge is 0.384 e. The van der Waals surface area contributed by atoms with Crippen LogP contribution in [0.1, 0.15) is 11.7 Å². The molecule has 18 heavy (non-hydrogen) atoms. The van der Waals surface area contributed by atoms with Crippen molar-refractivity contribution in [2.75, 3.05) is 33.4 Å². The first-order valence-corrected chi connectivity index (χ1v) is 6.74. The van der Waals surface area contributed by atoms with Crippen LogP contribution in [0, 0.1) is 5.92 Å². The second-order valence-electron chi connectivity index (χ2n) is 4.38. The Kier molecular flexibility index (Phi) is 5.27. The lowest BCUT2D eigenvalue weighted by Crippen LogP contribution is -2.27. The van der Waals surface area contributed by atoms with Crippen LogP contribution in [0.2, 0.25) is 10.0 Å². The summed E-state index contributed by atoms with van der Waals surface area (Å²) in [5, 5.41) is 4.47. The molecule has 2 unspecified atom stereocenters. The molecule has 0 bridgehead atoms. The van der Waals surface area contributed by atoms with Gasteiger partial charge in [-0.25, -0.2) is 0 Å². The molecule has 0 aromatic heterocycles. The van der Waals surface area contributed by atoms with E-state index in [-0.39, 0.29) is 12.0 Å². The molecular weight excluding hydrogens is 273 g/mol. The summed E-state index contributed by atoms with van der Waals surface area (Å²) < 4.78 is 11.2. The second-order valence-corrected chi connectivity index (χ2v) is 5.20. The number of rotatable bonds is 3. The van der Waals surface area contributed by atoms with Crippen molar-refractivity contribution in [2.24, 2.45) is 5.92 Å². The van der Waals surface area contributed by atoms with E-state index in [2.05, 4.69) is 5.32 Å². The molecule has 100 valence electrons. The Hall–Kier alpha value is -0.320. The highest BCUT2D eigenvalue weighted by atomic mass is 35.5. The van der Waals surface area contributed by atoms with E-state index in [1.807, 2.05) is 18.2 Å². The standard InChI is InChI=1S/C13H17Cl2NO2/c1-17-8-10-7-16-4-5-18-13(10)9-2-3-11(14)12(15)6-9/h2-3,6,10,13,16H,4-5,7-8H2,1H3. The van der Waals surface area contributed by atoms with Crippen LogP contribution in [-0.4, -0.2) is 33.4 Å². The maximum absolute atomic E-state index is 6.06. The fourth-order valence-corrected chi connectivity index (χ4v) is 2.51. The molecule has 1 saturated heterocycles. The van der Waals surface area contributed by atoms with Gasteiger partial charge in [-0.2, -0.15) is 0 Å². The van der Waals surface area contributed by atoms with Gasteiger partial charge in [-0.05, 0) is 17.7 Å². The Balaban J connectivity index is 2.22. The van der Waals surface area contributed by atoms with Crippen LogP contribution in [-0.2, 0) is 9.47 Å². The maximum Gasteiger partial charge on any atom is 0.0888 e. The van der Waals surface area contributed by atoms with Gasteiger partial charge in [0.2, 0.25) is 0 Å². The van der Waals surface area contributed by atoms with Gasteiger partial charge in [0, 0.05) is 26.1 Å². The van der Waals surface area contributed by atoms with E-state index in [0.29, 0.717) is 23.3 Å². The molecule has 1 aliphatic rings. The highest BCUT2D eigenvalue weighted by Gasteiger charge is 2.26. The summed E-state index contributed by atoms with van der Waals surface area (Å²) in [5.41, 5.74) is 1.05. The topological polar surface area (TPSA) is 30.5 Å². The molecule has 1 fully saturated rings. The Labute approximate surface area is 117 Å². The molecular formula is C13H17Cl2NO2. The third-order valence-electron chi connectivity index (χ3n) is 3.06. The van der Waals surface area contributed by atoms with Crippen LogP contribution in [0.15, 0.2) is 18.2 Å². The first-order valence-electron chi connectivity index (χ1n) is 5.98. The lowest BCUT2D eigenvalue weighted by atomic mass is 9.96. The van der Waals surface area contributed by atoms with Crippen LogP contribution < -0.4 is 5.32 Å². The first-order chi connectivity index (χ1) is 8.72. The summed E-state index contributed by atoms with van der Waals surface area (Å²) in [5.74, 6) is 0.273. The van der Waals surface area contributed by atoms with Crippen molar-refractivity contribution in [3.8, 4) is 0 Å². The number of methoxy groups -OCH3 is 1. The lowest BCUT2D eigenvalue weighted by molar-refractivity contribution is 0.00254. The van der Waals surface area contributed by atoms with E-state index in [1.54, 1.807) is 7.11 Å². The monoisotopic (exact) mass is 289 g/mol. The molecule has 0 saturated carbocycles. The van der Waals surface area contributed by atoms with Crippen LogP contribution in [0.3, 0.4) is 0 Å². The highest BCUT2D eigenvalue weighted by molar-refractivity contribution is 6.42. The van der Waals surface area contributed by atoms with Gasteiger partial charge in [0.1, 0.15) is 0 Å². The summed E-state index contributed by atoms with van der Waals surface area (Å²) >= 11 is 12.0. The quantitative estimate of drug-likeness (QED) is 0.928. The molecule has 2 atom stereocenters. The van der Waals surface area contributed by atoms with E-state index >= 15 is 0 Å². The average molecular weight is 290 g/mol. The molecule has 0 amide bonds. The number of hydrogen-bond donors (Lipinski definition) is 1. The molecule has 0 spiro atoms. The predicted octanol–water partition coefficient (Wildman–Crippen LogP) is 2.92. The van der Waals surface area contributed by atoms with Gasteiger partial charge in [-0.15, -0.1) is 0 Å². The Morgan fingerprint density at radius 2 is 2.22 bits per heavy atom. The number of hydrogen-bond acceptors (Lipinski definition) is 3. The van der Waals surface area contributed by atoms with Gasteiger partial charge in [0.25, 0.3) is 0 Å². The van der Waals surface area contributed by atoms with Gasteiger partial charge in [-0.3, -0.25) is 0 Å². The van der Waals surface area contributed by atoms with Crippen molar-refractivity contribution in [1.29, 1.82) is 0 Å². The molecule has 1 aromatic carbocycles. The molecule has 0 radical (unpaired) electrons. The summed E-state index contributed by atoms with van der Waals surface area (Å²) in [4.78, 5) is 0. The Morgan fingerprint density at radius 3 is 2.94 bits per heavy atom. The van der Waals surface area contributed by atoms with E-state index < -0.39 is 0 Å². The normalized spacial score (nSPS) is 24.8. The second kappa shape index (κ2) is 6.73.